The van der Waals surface area contributed by atoms with Gasteiger partial charge < -0.3 is 14.4 Å². The zero-order valence-electron chi connectivity index (χ0n) is 11.3. The fraction of sp³-hybridized carbons (Fsp3) is 0.357. The van der Waals surface area contributed by atoms with Crippen molar-refractivity contribution in [3.05, 3.63) is 28.5 Å². The smallest absolute Gasteiger partial charge is 0.338 e. The molecule has 1 N–H and O–H groups in total. The summed E-state index contributed by atoms with van der Waals surface area (Å²) in [6.45, 7) is 5.80. The van der Waals surface area contributed by atoms with Crippen LogP contribution in [0.1, 0.15) is 27.2 Å². The number of carboxylic acids is 1. The van der Waals surface area contributed by atoms with Crippen LogP contribution in [-0.4, -0.2) is 22.8 Å². The third kappa shape index (κ3) is 1.49. The molecule has 0 unspecified atom stereocenters. The average molecular weight is 247 g/mol. The minimum atomic E-state index is -0.900. The molecule has 0 aliphatic carbocycles. The van der Waals surface area contributed by atoms with Gasteiger partial charge in [-0.15, -0.1) is 0 Å². The van der Waals surface area contributed by atoms with E-state index in [1.54, 1.807) is 7.11 Å². The molecule has 0 aliphatic heterocycles. The number of benzene rings is 1. The Bertz CT molecular complexity index is 653. The van der Waals surface area contributed by atoms with Gasteiger partial charge in [-0.2, -0.15) is 0 Å². The maximum atomic E-state index is 11.4. The van der Waals surface area contributed by atoms with Crippen LogP contribution in [0.15, 0.2) is 6.07 Å². The van der Waals surface area contributed by atoms with E-state index < -0.39 is 5.97 Å². The molecule has 0 radical (unpaired) electrons. The lowest BCUT2D eigenvalue weighted by molar-refractivity contribution is 0.0698. The summed E-state index contributed by atoms with van der Waals surface area (Å²) in [4.78, 5) is 11.4. The van der Waals surface area contributed by atoms with Gasteiger partial charge in [0, 0.05) is 18.1 Å². The number of fused-ring (bicyclic) bond motifs is 1. The second-order valence-corrected chi connectivity index (χ2v) is 4.55. The van der Waals surface area contributed by atoms with Crippen molar-refractivity contribution in [3.63, 3.8) is 0 Å². The van der Waals surface area contributed by atoms with Crippen LogP contribution in [-0.2, 0) is 7.05 Å². The van der Waals surface area contributed by atoms with Crippen molar-refractivity contribution in [1.29, 1.82) is 0 Å². The maximum absolute atomic E-state index is 11.4. The van der Waals surface area contributed by atoms with Crippen molar-refractivity contribution in [2.75, 3.05) is 7.11 Å². The van der Waals surface area contributed by atoms with E-state index in [0.29, 0.717) is 5.56 Å². The van der Waals surface area contributed by atoms with Gasteiger partial charge >= 0.3 is 5.97 Å². The van der Waals surface area contributed by atoms with Gasteiger partial charge in [-0.25, -0.2) is 4.79 Å². The standard InChI is InChI=1S/C14H17NO3/c1-7-8(2)13-10(6-11(7)18-5)12(14(16)17)9(3)15(13)4/h6H,1-5H3,(H,16,17). The molecule has 0 fully saturated rings. The maximum Gasteiger partial charge on any atom is 0.338 e. The first-order valence-corrected chi connectivity index (χ1v) is 5.76. The summed E-state index contributed by atoms with van der Waals surface area (Å²) in [5.74, 6) is -0.170. The van der Waals surface area contributed by atoms with Crippen molar-refractivity contribution < 1.29 is 14.6 Å². The van der Waals surface area contributed by atoms with Gasteiger partial charge in [0.25, 0.3) is 0 Å². The van der Waals surface area contributed by atoms with Crippen LogP contribution in [0, 0.1) is 20.8 Å². The number of hydrogen-bond donors (Lipinski definition) is 1. The Kier molecular flexibility index (Phi) is 2.81. The fourth-order valence-electron chi connectivity index (χ4n) is 2.51. The molecular weight excluding hydrogens is 230 g/mol. The Morgan fingerprint density at radius 3 is 2.39 bits per heavy atom. The Hall–Kier alpha value is -1.97. The lowest BCUT2D eigenvalue weighted by atomic mass is 10.0. The molecule has 4 nitrogen and oxygen atoms in total. The van der Waals surface area contributed by atoms with E-state index in [0.717, 1.165) is 33.5 Å². The summed E-state index contributed by atoms with van der Waals surface area (Å²) in [6.07, 6.45) is 0. The number of methoxy groups -OCH3 is 1. The third-order valence-electron chi connectivity index (χ3n) is 3.72. The quantitative estimate of drug-likeness (QED) is 0.887. The number of aryl methyl sites for hydroxylation is 2. The summed E-state index contributed by atoms with van der Waals surface area (Å²) in [7, 11) is 3.49. The Morgan fingerprint density at radius 1 is 1.28 bits per heavy atom. The topological polar surface area (TPSA) is 51.5 Å². The highest BCUT2D eigenvalue weighted by molar-refractivity contribution is 6.06. The highest BCUT2D eigenvalue weighted by atomic mass is 16.5. The number of hydrogen-bond acceptors (Lipinski definition) is 2. The predicted octanol–water partition coefficient (Wildman–Crippen LogP) is 2.81. The molecule has 0 aliphatic rings. The van der Waals surface area contributed by atoms with Gasteiger partial charge in [0.2, 0.25) is 0 Å². The average Bonchev–Trinajstić information content (AvgIpc) is 2.56. The largest absolute Gasteiger partial charge is 0.496 e. The number of aromatic nitrogens is 1. The summed E-state index contributed by atoms with van der Waals surface area (Å²) in [5, 5.41) is 10.1. The lowest BCUT2D eigenvalue weighted by Crippen LogP contribution is -1.99. The van der Waals surface area contributed by atoms with Crippen LogP contribution < -0.4 is 4.74 Å². The highest BCUT2D eigenvalue weighted by Gasteiger charge is 2.21. The summed E-state index contributed by atoms with van der Waals surface area (Å²) in [5.41, 5.74) is 4.18. The first-order valence-electron chi connectivity index (χ1n) is 5.76. The molecule has 0 atom stereocenters. The van der Waals surface area contributed by atoms with Crippen molar-refractivity contribution in [1.82, 2.24) is 4.57 Å². The number of nitrogens with zero attached hydrogens (tertiary/aromatic N) is 1. The Balaban J connectivity index is 3.02. The molecule has 1 aromatic heterocycles. The van der Waals surface area contributed by atoms with E-state index in [-0.39, 0.29) is 0 Å². The summed E-state index contributed by atoms with van der Waals surface area (Å²) >= 11 is 0. The number of ether oxygens (including phenoxy) is 1. The molecular formula is C14H17NO3. The van der Waals surface area contributed by atoms with Gasteiger partial charge in [0.1, 0.15) is 5.75 Å². The molecule has 0 saturated heterocycles. The van der Waals surface area contributed by atoms with Crippen molar-refractivity contribution >= 4 is 16.9 Å². The van der Waals surface area contributed by atoms with E-state index in [1.807, 2.05) is 38.5 Å². The van der Waals surface area contributed by atoms with Gasteiger partial charge in [-0.05, 0) is 38.0 Å². The van der Waals surface area contributed by atoms with E-state index in [1.165, 1.54) is 0 Å². The summed E-state index contributed by atoms with van der Waals surface area (Å²) in [6, 6.07) is 1.81. The van der Waals surface area contributed by atoms with Crippen LogP contribution in [0.3, 0.4) is 0 Å². The van der Waals surface area contributed by atoms with Crippen LogP contribution in [0.2, 0.25) is 0 Å². The van der Waals surface area contributed by atoms with Crippen LogP contribution in [0.25, 0.3) is 10.9 Å². The fourth-order valence-corrected chi connectivity index (χ4v) is 2.51. The zero-order valence-corrected chi connectivity index (χ0v) is 11.3. The second-order valence-electron chi connectivity index (χ2n) is 4.55. The van der Waals surface area contributed by atoms with Gasteiger partial charge in [-0.1, -0.05) is 0 Å². The number of carboxylic acid groups (broad SMARTS) is 1. The third-order valence-corrected chi connectivity index (χ3v) is 3.72. The number of rotatable bonds is 2. The summed E-state index contributed by atoms with van der Waals surface area (Å²) < 4.78 is 7.25. The normalized spacial score (nSPS) is 10.9. The van der Waals surface area contributed by atoms with Crippen molar-refractivity contribution in [2.24, 2.45) is 7.05 Å². The van der Waals surface area contributed by atoms with Gasteiger partial charge in [0.05, 0.1) is 18.2 Å². The molecule has 0 bridgehead atoms. The second kappa shape index (κ2) is 4.05. The molecule has 1 aromatic carbocycles. The number of aromatic carboxylic acids is 1. The molecule has 0 amide bonds. The zero-order chi connectivity index (χ0) is 13.6. The molecule has 96 valence electrons. The minimum Gasteiger partial charge on any atom is -0.496 e. The number of carbonyl (C=O) groups is 1. The van der Waals surface area contributed by atoms with Crippen molar-refractivity contribution in [3.8, 4) is 5.75 Å². The van der Waals surface area contributed by atoms with Crippen LogP contribution >= 0.6 is 0 Å². The van der Waals surface area contributed by atoms with Crippen molar-refractivity contribution in [2.45, 2.75) is 20.8 Å². The van der Waals surface area contributed by atoms with E-state index in [4.69, 9.17) is 4.74 Å². The molecule has 2 rings (SSSR count). The predicted molar refractivity (Wildman–Crippen MR) is 70.6 cm³/mol. The molecule has 0 spiro atoms. The minimum absolute atomic E-state index is 0.355. The lowest BCUT2D eigenvalue weighted by Gasteiger charge is -2.10. The first-order chi connectivity index (χ1) is 8.40. The molecule has 2 aromatic rings. The monoisotopic (exact) mass is 247 g/mol. The highest BCUT2D eigenvalue weighted by Crippen LogP contribution is 2.34. The van der Waals surface area contributed by atoms with Gasteiger partial charge in [-0.3, -0.25) is 0 Å². The molecule has 0 saturated carbocycles. The van der Waals surface area contributed by atoms with Crippen LogP contribution in [0.4, 0.5) is 0 Å². The first kappa shape index (κ1) is 12.5. The molecule has 4 heteroatoms. The van der Waals surface area contributed by atoms with E-state index in [2.05, 4.69) is 0 Å². The SMILES string of the molecule is COc1cc2c(C(=O)O)c(C)n(C)c2c(C)c1C. The van der Waals surface area contributed by atoms with E-state index >= 15 is 0 Å². The molecule has 18 heavy (non-hydrogen) atoms. The molecule has 1 heterocycles. The van der Waals surface area contributed by atoms with Crippen LogP contribution in [0.5, 0.6) is 5.75 Å². The van der Waals surface area contributed by atoms with Gasteiger partial charge in [0.15, 0.2) is 0 Å². The Morgan fingerprint density at radius 2 is 1.89 bits per heavy atom. The van der Waals surface area contributed by atoms with E-state index in [9.17, 15) is 9.90 Å². The Labute approximate surface area is 106 Å².